The maximum atomic E-state index is 6.23. The fraction of sp³-hybridized carbons (Fsp3) is 0.500. The summed E-state index contributed by atoms with van der Waals surface area (Å²) >= 11 is 1.78. The molecule has 2 atom stereocenters. The van der Waals surface area contributed by atoms with E-state index in [1.54, 1.807) is 11.8 Å². The number of ether oxygens (including phenoxy) is 2. The molecule has 4 rings (SSSR count). The molecule has 2 aromatic rings. The minimum atomic E-state index is 0.0371. The lowest BCUT2D eigenvalue weighted by Crippen LogP contribution is -2.41. The summed E-state index contributed by atoms with van der Waals surface area (Å²) in [7, 11) is 0. The third kappa shape index (κ3) is 4.25. The molecule has 0 aliphatic carbocycles. The molecule has 0 spiro atoms. The van der Waals surface area contributed by atoms with Crippen LogP contribution in [0.2, 0.25) is 0 Å². The minimum Gasteiger partial charge on any atom is -0.490 e. The van der Waals surface area contributed by atoms with Gasteiger partial charge in [-0.05, 0) is 63.4 Å². The van der Waals surface area contributed by atoms with Crippen molar-refractivity contribution >= 4 is 11.8 Å². The number of pyridine rings is 1. The number of rotatable bonds is 4. The van der Waals surface area contributed by atoms with Gasteiger partial charge in [0.05, 0.1) is 0 Å². The molecule has 2 aliphatic heterocycles. The molecule has 1 aromatic heterocycles. The molecular formula is C22H28N2O2S. The quantitative estimate of drug-likeness (QED) is 0.745. The first kappa shape index (κ1) is 18.6. The van der Waals surface area contributed by atoms with Crippen molar-refractivity contribution in [3.05, 3.63) is 48.2 Å². The molecule has 0 amide bonds. The van der Waals surface area contributed by atoms with Gasteiger partial charge in [-0.15, -0.1) is 0 Å². The molecule has 0 unspecified atom stereocenters. The van der Waals surface area contributed by atoms with E-state index in [0.717, 1.165) is 42.5 Å². The van der Waals surface area contributed by atoms with Crippen LogP contribution in [0.1, 0.15) is 45.3 Å². The Hall–Kier alpha value is -1.72. The normalized spacial score (nSPS) is 23.7. The predicted molar refractivity (Wildman–Crippen MR) is 110 cm³/mol. The van der Waals surface area contributed by atoms with Gasteiger partial charge in [-0.1, -0.05) is 23.9 Å². The predicted octanol–water partition coefficient (Wildman–Crippen LogP) is 4.95. The number of aromatic nitrogens is 1. The first-order chi connectivity index (χ1) is 13.1. The Balaban J connectivity index is 1.38. The van der Waals surface area contributed by atoms with E-state index in [2.05, 4.69) is 54.9 Å². The van der Waals surface area contributed by atoms with Gasteiger partial charge < -0.3 is 14.4 Å². The first-order valence-electron chi connectivity index (χ1n) is 9.89. The smallest absolute Gasteiger partial charge is 0.152 e. The van der Waals surface area contributed by atoms with Crippen LogP contribution in [0.3, 0.4) is 0 Å². The van der Waals surface area contributed by atoms with Gasteiger partial charge in [0.1, 0.15) is 23.0 Å². The second-order valence-corrected chi connectivity index (χ2v) is 9.05. The van der Waals surface area contributed by atoms with E-state index < -0.39 is 0 Å². The standard InChI is InChI=1S/C22H28N2O2S/c1-15(2)24-13-10-19(11-14-24)25-18-8-6-17(7-9-18)21-16(3)27-22-20(26-21)5-4-12-23-22/h4-9,12,15-16,19,21H,10-11,13-14H2,1-3H3/t16-,21+/m1/s1. The lowest BCUT2D eigenvalue weighted by molar-refractivity contribution is 0.0842. The van der Waals surface area contributed by atoms with Crippen molar-refractivity contribution in [2.24, 2.45) is 0 Å². The Morgan fingerprint density at radius 2 is 1.89 bits per heavy atom. The number of thioether (sulfide) groups is 1. The monoisotopic (exact) mass is 384 g/mol. The van der Waals surface area contributed by atoms with Crippen molar-refractivity contribution in [1.82, 2.24) is 9.88 Å². The molecule has 1 saturated heterocycles. The van der Waals surface area contributed by atoms with E-state index >= 15 is 0 Å². The molecule has 4 nitrogen and oxygen atoms in total. The summed E-state index contributed by atoms with van der Waals surface area (Å²) in [5, 5.41) is 1.30. The summed E-state index contributed by atoms with van der Waals surface area (Å²) in [5.41, 5.74) is 1.19. The van der Waals surface area contributed by atoms with Crippen molar-refractivity contribution in [2.45, 2.75) is 62.1 Å². The molecule has 0 bridgehead atoms. The average Bonchev–Trinajstić information content (AvgIpc) is 2.68. The third-order valence-corrected chi connectivity index (χ3v) is 6.58. The van der Waals surface area contributed by atoms with Gasteiger partial charge in [-0.25, -0.2) is 4.98 Å². The summed E-state index contributed by atoms with van der Waals surface area (Å²) in [6.07, 6.45) is 4.38. The fourth-order valence-corrected chi connectivity index (χ4v) is 4.84. The maximum absolute atomic E-state index is 6.23. The Bertz CT molecular complexity index is 757. The van der Waals surface area contributed by atoms with E-state index in [0.29, 0.717) is 17.4 Å². The van der Waals surface area contributed by atoms with Gasteiger partial charge >= 0.3 is 0 Å². The van der Waals surface area contributed by atoms with Crippen LogP contribution in [0.15, 0.2) is 47.6 Å². The van der Waals surface area contributed by atoms with Crippen LogP contribution >= 0.6 is 11.8 Å². The summed E-state index contributed by atoms with van der Waals surface area (Å²) in [5.74, 6) is 1.84. The molecule has 0 radical (unpaired) electrons. The molecule has 144 valence electrons. The second-order valence-electron chi connectivity index (χ2n) is 7.68. The highest BCUT2D eigenvalue weighted by Crippen LogP contribution is 2.43. The molecule has 3 heterocycles. The second kappa shape index (κ2) is 8.11. The zero-order chi connectivity index (χ0) is 18.8. The Morgan fingerprint density at radius 1 is 1.15 bits per heavy atom. The van der Waals surface area contributed by atoms with Crippen LogP contribution in [0.5, 0.6) is 11.5 Å². The number of nitrogens with zero attached hydrogens (tertiary/aromatic N) is 2. The van der Waals surface area contributed by atoms with Gasteiger partial charge in [0.25, 0.3) is 0 Å². The summed E-state index contributed by atoms with van der Waals surface area (Å²) < 4.78 is 12.5. The molecule has 1 fully saturated rings. The van der Waals surface area contributed by atoms with Crippen LogP contribution < -0.4 is 9.47 Å². The molecule has 0 N–H and O–H groups in total. The lowest BCUT2D eigenvalue weighted by Gasteiger charge is -2.34. The zero-order valence-corrected chi connectivity index (χ0v) is 17.1. The lowest BCUT2D eigenvalue weighted by atomic mass is 10.1. The maximum Gasteiger partial charge on any atom is 0.152 e. The van der Waals surface area contributed by atoms with Gasteiger partial charge in [0.2, 0.25) is 0 Å². The topological polar surface area (TPSA) is 34.6 Å². The Labute approximate surface area is 166 Å². The van der Waals surface area contributed by atoms with Crippen LogP contribution in [-0.2, 0) is 0 Å². The zero-order valence-electron chi connectivity index (χ0n) is 16.3. The number of hydrogen-bond acceptors (Lipinski definition) is 5. The molecule has 5 heteroatoms. The Kier molecular flexibility index (Phi) is 5.60. The molecule has 0 saturated carbocycles. The summed E-state index contributed by atoms with van der Waals surface area (Å²) in [4.78, 5) is 6.93. The highest BCUT2D eigenvalue weighted by atomic mass is 32.2. The van der Waals surface area contributed by atoms with E-state index in [1.807, 2.05) is 18.3 Å². The SMILES string of the molecule is CC(C)N1CCC(Oc2ccc([C@H]3Oc4cccnc4S[C@@H]3C)cc2)CC1. The largest absolute Gasteiger partial charge is 0.490 e. The van der Waals surface area contributed by atoms with Crippen molar-refractivity contribution in [1.29, 1.82) is 0 Å². The number of fused-ring (bicyclic) bond motifs is 1. The minimum absolute atomic E-state index is 0.0371. The van der Waals surface area contributed by atoms with Crippen molar-refractivity contribution < 1.29 is 9.47 Å². The van der Waals surface area contributed by atoms with E-state index in [-0.39, 0.29) is 6.10 Å². The van der Waals surface area contributed by atoms with Gasteiger partial charge in [0, 0.05) is 30.6 Å². The van der Waals surface area contributed by atoms with E-state index in [1.165, 1.54) is 5.56 Å². The fourth-order valence-electron chi connectivity index (χ4n) is 3.80. The van der Waals surface area contributed by atoms with Crippen molar-refractivity contribution in [3.8, 4) is 11.5 Å². The van der Waals surface area contributed by atoms with Gasteiger partial charge in [-0.3, -0.25) is 0 Å². The van der Waals surface area contributed by atoms with E-state index in [4.69, 9.17) is 9.47 Å². The highest BCUT2D eigenvalue weighted by Gasteiger charge is 2.29. The van der Waals surface area contributed by atoms with Crippen LogP contribution in [0.4, 0.5) is 0 Å². The molecular weight excluding hydrogens is 356 g/mol. The molecule has 27 heavy (non-hydrogen) atoms. The summed E-state index contributed by atoms with van der Waals surface area (Å²) in [6, 6.07) is 13.0. The van der Waals surface area contributed by atoms with E-state index in [9.17, 15) is 0 Å². The summed E-state index contributed by atoms with van der Waals surface area (Å²) in [6.45, 7) is 8.97. The number of benzene rings is 1. The third-order valence-electron chi connectivity index (χ3n) is 5.43. The first-order valence-corrected chi connectivity index (χ1v) is 10.8. The van der Waals surface area contributed by atoms with Crippen molar-refractivity contribution in [2.75, 3.05) is 13.1 Å². The molecule has 1 aromatic carbocycles. The number of likely N-dealkylation sites (tertiary alicyclic amines) is 1. The van der Waals surface area contributed by atoms with Gasteiger partial charge in [-0.2, -0.15) is 0 Å². The average molecular weight is 385 g/mol. The van der Waals surface area contributed by atoms with Crippen LogP contribution in [0.25, 0.3) is 0 Å². The van der Waals surface area contributed by atoms with Crippen LogP contribution in [0, 0.1) is 0 Å². The number of piperidine rings is 1. The Morgan fingerprint density at radius 3 is 2.59 bits per heavy atom. The van der Waals surface area contributed by atoms with Crippen LogP contribution in [-0.4, -0.2) is 40.4 Å². The van der Waals surface area contributed by atoms with Crippen molar-refractivity contribution in [3.63, 3.8) is 0 Å². The highest BCUT2D eigenvalue weighted by molar-refractivity contribution is 8.00. The number of hydrogen-bond donors (Lipinski definition) is 0. The molecule has 2 aliphatic rings. The van der Waals surface area contributed by atoms with Gasteiger partial charge in [0.15, 0.2) is 5.75 Å².